The van der Waals surface area contributed by atoms with Crippen LogP contribution < -0.4 is 0 Å². The lowest BCUT2D eigenvalue weighted by atomic mass is 9.38. The molecule has 0 aliphatic heterocycles. The minimum absolute atomic E-state index is 0.0283. The van der Waals surface area contributed by atoms with Gasteiger partial charge in [-0.25, -0.2) is 4.79 Å². The largest absolute Gasteiger partial charge is 0.481 e. The fourth-order valence-electron chi connectivity index (χ4n) is 8.88. The SMILES string of the molecule is C=C(CCC=C(C)C(=O)O)C1CCC2(C)C1CCC1C(C)(CCC(=O)O)C(C(=C)C)CCC12C. The van der Waals surface area contributed by atoms with Gasteiger partial charge in [0.05, 0.1) is 0 Å². The second-order valence-electron chi connectivity index (χ2n) is 12.4. The van der Waals surface area contributed by atoms with Gasteiger partial charge in [0.2, 0.25) is 0 Å². The van der Waals surface area contributed by atoms with Gasteiger partial charge in [-0.3, -0.25) is 4.79 Å². The van der Waals surface area contributed by atoms with E-state index in [1.54, 1.807) is 6.92 Å². The zero-order valence-electron chi connectivity index (χ0n) is 22.1. The van der Waals surface area contributed by atoms with Crippen LogP contribution in [-0.2, 0) is 9.59 Å². The summed E-state index contributed by atoms with van der Waals surface area (Å²) in [7, 11) is 0. The summed E-state index contributed by atoms with van der Waals surface area (Å²) in [4.78, 5) is 22.7. The van der Waals surface area contributed by atoms with E-state index in [1.807, 2.05) is 6.08 Å². The van der Waals surface area contributed by atoms with Crippen molar-refractivity contribution in [3.63, 3.8) is 0 Å². The van der Waals surface area contributed by atoms with E-state index >= 15 is 0 Å². The van der Waals surface area contributed by atoms with Crippen LogP contribution in [0.1, 0.15) is 98.8 Å². The third-order valence-electron chi connectivity index (χ3n) is 10.9. The van der Waals surface area contributed by atoms with Gasteiger partial charge in [-0.05, 0) is 112 Å². The zero-order chi connectivity index (χ0) is 25.5. The number of carboxylic acids is 2. The molecule has 4 heteroatoms. The molecule has 0 bridgehead atoms. The second-order valence-corrected chi connectivity index (χ2v) is 12.4. The molecule has 0 spiro atoms. The van der Waals surface area contributed by atoms with Crippen LogP contribution in [0.2, 0.25) is 0 Å². The Morgan fingerprint density at radius 1 is 0.941 bits per heavy atom. The Morgan fingerprint density at radius 3 is 2.18 bits per heavy atom. The molecule has 0 aromatic carbocycles. The fraction of sp³-hybridized carbons (Fsp3) is 0.733. The number of hydrogen-bond acceptors (Lipinski definition) is 2. The van der Waals surface area contributed by atoms with Crippen LogP contribution in [0.25, 0.3) is 0 Å². The van der Waals surface area contributed by atoms with E-state index in [0.29, 0.717) is 29.2 Å². The number of fused-ring (bicyclic) bond motifs is 3. The van der Waals surface area contributed by atoms with E-state index in [9.17, 15) is 14.7 Å². The highest BCUT2D eigenvalue weighted by Gasteiger charge is 2.65. The Bertz CT molecular complexity index is 884. The minimum atomic E-state index is -0.846. The van der Waals surface area contributed by atoms with Crippen LogP contribution in [0.15, 0.2) is 36.0 Å². The lowest BCUT2D eigenvalue weighted by Crippen LogP contribution is -2.59. The summed E-state index contributed by atoms with van der Waals surface area (Å²) in [6.45, 7) is 20.0. The molecule has 0 aromatic rings. The molecule has 0 saturated heterocycles. The second kappa shape index (κ2) is 9.66. The third-order valence-corrected chi connectivity index (χ3v) is 10.9. The highest BCUT2D eigenvalue weighted by atomic mass is 16.4. The van der Waals surface area contributed by atoms with Crippen LogP contribution in [0.5, 0.6) is 0 Å². The van der Waals surface area contributed by atoms with Crippen molar-refractivity contribution in [2.45, 2.75) is 98.8 Å². The van der Waals surface area contributed by atoms with Gasteiger partial charge in [0.15, 0.2) is 0 Å². The molecule has 7 atom stereocenters. The molecule has 2 N–H and O–H groups in total. The van der Waals surface area contributed by atoms with Crippen molar-refractivity contribution in [1.29, 1.82) is 0 Å². The maximum absolute atomic E-state index is 11.6. The molecule has 3 aliphatic rings. The number of rotatable bonds is 9. The molecule has 34 heavy (non-hydrogen) atoms. The smallest absolute Gasteiger partial charge is 0.330 e. The summed E-state index contributed by atoms with van der Waals surface area (Å²) in [5.74, 6) is 0.465. The van der Waals surface area contributed by atoms with Gasteiger partial charge in [-0.1, -0.05) is 51.2 Å². The molecule has 0 aromatic heterocycles. The highest BCUT2D eigenvalue weighted by molar-refractivity contribution is 5.85. The molecular formula is C30H46O4. The maximum Gasteiger partial charge on any atom is 0.330 e. The lowest BCUT2D eigenvalue weighted by molar-refractivity contribution is -0.169. The summed E-state index contributed by atoms with van der Waals surface area (Å²) in [5, 5.41) is 18.6. The van der Waals surface area contributed by atoms with E-state index in [4.69, 9.17) is 5.11 Å². The predicted octanol–water partition coefficient (Wildman–Crippen LogP) is 7.66. The van der Waals surface area contributed by atoms with E-state index < -0.39 is 11.9 Å². The van der Waals surface area contributed by atoms with Gasteiger partial charge < -0.3 is 10.2 Å². The standard InChI is InChI=1S/C30H46O4/c1-19(2)23-14-18-30(7)25(28(23,5)16-15-26(31)32)12-11-24-22(13-17-29(24,30)6)20(3)9-8-10-21(4)27(33)34/h10,22-25H,1,3,8-9,11-18H2,2,4-7H3,(H,31,32)(H,33,34). The Labute approximate surface area is 206 Å². The molecule has 3 aliphatic carbocycles. The summed E-state index contributed by atoms with van der Waals surface area (Å²) < 4.78 is 0. The third kappa shape index (κ3) is 4.42. The van der Waals surface area contributed by atoms with E-state index in [1.165, 1.54) is 36.8 Å². The number of allylic oxidation sites excluding steroid dienone is 3. The van der Waals surface area contributed by atoms with E-state index in [-0.39, 0.29) is 22.7 Å². The average molecular weight is 471 g/mol. The first kappa shape index (κ1) is 26.8. The Hall–Kier alpha value is -1.84. The lowest BCUT2D eigenvalue weighted by Gasteiger charge is -2.66. The Kier molecular flexibility index (Phi) is 7.60. The van der Waals surface area contributed by atoms with Crippen molar-refractivity contribution in [3.8, 4) is 0 Å². The van der Waals surface area contributed by atoms with Crippen molar-refractivity contribution in [2.75, 3.05) is 0 Å². The summed E-state index contributed by atoms with van der Waals surface area (Å²) in [6.07, 6.45) is 11.4. The van der Waals surface area contributed by atoms with Crippen molar-refractivity contribution in [3.05, 3.63) is 36.0 Å². The van der Waals surface area contributed by atoms with E-state index in [2.05, 4.69) is 40.9 Å². The predicted molar refractivity (Wildman–Crippen MR) is 137 cm³/mol. The highest BCUT2D eigenvalue weighted by Crippen LogP contribution is 2.73. The van der Waals surface area contributed by atoms with E-state index in [0.717, 1.165) is 32.1 Å². The van der Waals surface area contributed by atoms with Gasteiger partial charge in [-0.2, -0.15) is 0 Å². The van der Waals surface area contributed by atoms with Gasteiger partial charge in [0, 0.05) is 12.0 Å². The fourth-order valence-corrected chi connectivity index (χ4v) is 8.88. The molecule has 3 rings (SSSR count). The van der Waals surface area contributed by atoms with Crippen molar-refractivity contribution in [2.24, 2.45) is 39.9 Å². The minimum Gasteiger partial charge on any atom is -0.481 e. The monoisotopic (exact) mass is 470 g/mol. The number of carbonyl (C=O) groups is 2. The molecule has 0 radical (unpaired) electrons. The molecule has 7 unspecified atom stereocenters. The summed E-state index contributed by atoms with van der Waals surface area (Å²) in [5.41, 5.74) is 3.29. The molecule has 4 nitrogen and oxygen atoms in total. The average Bonchev–Trinajstić information content (AvgIpc) is 3.10. The number of carboxylic acid groups (broad SMARTS) is 2. The molecule has 190 valence electrons. The van der Waals surface area contributed by atoms with Gasteiger partial charge >= 0.3 is 11.9 Å². The Morgan fingerprint density at radius 2 is 1.59 bits per heavy atom. The topological polar surface area (TPSA) is 74.6 Å². The molecule has 0 heterocycles. The zero-order valence-corrected chi connectivity index (χ0v) is 22.1. The Balaban J connectivity index is 1.84. The number of hydrogen-bond donors (Lipinski definition) is 2. The van der Waals surface area contributed by atoms with Crippen LogP contribution in [-0.4, -0.2) is 22.2 Å². The first-order chi connectivity index (χ1) is 15.8. The normalized spacial score (nSPS) is 39.7. The number of aliphatic carboxylic acids is 2. The van der Waals surface area contributed by atoms with Gasteiger partial charge in [0.25, 0.3) is 0 Å². The van der Waals surface area contributed by atoms with Crippen LogP contribution in [0.3, 0.4) is 0 Å². The van der Waals surface area contributed by atoms with Crippen molar-refractivity contribution >= 4 is 11.9 Å². The summed E-state index contributed by atoms with van der Waals surface area (Å²) in [6, 6.07) is 0. The summed E-state index contributed by atoms with van der Waals surface area (Å²) >= 11 is 0. The van der Waals surface area contributed by atoms with Crippen LogP contribution >= 0.6 is 0 Å². The van der Waals surface area contributed by atoms with Crippen molar-refractivity contribution in [1.82, 2.24) is 0 Å². The molecule has 3 saturated carbocycles. The van der Waals surface area contributed by atoms with Gasteiger partial charge in [-0.15, -0.1) is 0 Å². The molecule has 3 fully saturated rings. The first-order valence-electron chi connectivity index (χ1n) is 13.2. The molecular weight excluding hydrogens is 424 g/mol. The first-order valence-corrected chi connectivity index (χ1v) is 13.2. The van der Waals surface area contributed by atoms with Crippen LogP contribution in [0.4, 0.5) is 0 Å². The maximum atomic E-state index is 11.6. The van der Waals surface area contributed by atoms with Gasteiger partial charge in [0.1, 0.15) is 0 Å². The van der Waals surface area contributed by atoms with Crippen molar-refractivity contribution < 1.29 is 19.8 Å². The quantitative estimate of drug-likeness (QED) is 0.268. The molecule has 0 amide bonds. The van der Waals surface area contributed by atoms with Crippen LogP contribution in [0, 0.1) is 39.9 Å².